The van der Waals surface area contributed by atoms with E-state index in [1.165, 1.54) is 17.0 Å². The number of aromatic amines is 1. The van der Waals surface area contributed by atoms with Crippen LogP contribution in [0.3, 0.4) is 0 Å². The lowest BCUT2D eigenvalue weighted by Gasteiger charge is -2.30. The van der Waals surface area contributed by atoms with Crippen molar-refractivity contribution in [2.45, 2.75) is 70.1 Å². The molecule has 2 heterocycles. The molecule has 1 fully saturated rings. The normalized spacial score (nSPS) is 17.8. The number of H-pyrrole nitrogens is 1. The Hall–Kier alpha value is -4.38. The highest BCUT2D eigenvalue weighted by atomic mass is 16.4. The van der Waals surface area contributed by atoms with Crippen molar-refractivity contribution < 1.29 is 29.4 Å². The molecule has 1 aliphatic heterocycles. The lowest BCUT2D eigenvalue weighted by molar-refractivity contribution is -0.146. The second-order valence-corrected chi connectivity index (χ2v) is 11.0. The molecule has 5 atom stereocenters. The first kappa shape index (κ1) is 30.6. The Balaban J connectivity index is 1.55. The number of nitrogens with two attached hydrogens (primary N) is 1. The summed E-state index contributed by atoms with van der Waals surface area (Å²) in [6.45, 7) is 3.91. The van der Waals surface area contributed by atoms with Crippen molar-refractivity contribution >= 4 is 34.6 Å². The molecule has 11 nitrogen and oxygen atoms in total. The summed E-state index contributed by atoms with van der Waals surface area (Å²) in [4.78, 5) is 57.0. The minimum atomic E-state index is -1.12. The molecular weight excluding hydrogens is 538 g/mol. The number of hydrogen-bond donors (Lipinski definition) is 6. The van der Waals surface area contributed by atoms with Crippen LogP contribution in [0, 0.1) is 5.92 Å². The molecule has 0 spiro atoms. The highest BCUT2D eigenvalue weighted by Gasteiger charge is 2.40. The van der Waals surface area contributed by atoms with E-state index in [1.54, 1.807) is 25.3 Å². The molecule has 0 aliphatic carbocycles. The minimum Gasteiger partial charge on any atom is -0.508 e. The van der Waals surface area contributed by atoms with E-state index in [0.29, 0.717) is 25.8 Å². The third kappa shape index (κ3) is 7.09. The quantitative estimate of drug-likeness (QED) is 0.191. The van der Waals surface area contributed by atoms with Crippen molar-refractivity contribution in [3.63, 3.8) is 0 Å². The fourth-order valence-electron chi connectivity index (χ4n) is 5.41. The number of carbonyl (C=O) groups excluding carboxylic acids is 3. The Kier molecular flexibility index (Phi) is 9.84. The number of nitrogens with zero attached hydrogens (tertiary/aromatic N) is 1. The van der Waals surface area contributed by atoms with Gasteiger partial charge in [0.15, 0.2) is 0 Å². The maximum absolute atomic E-state index is 14.0. The van der Waals surface area contributed by atoms with Gasteiger partial charge in [-0.3, -0.25) is 14.4 Å². The summed E-state index contributed by atoms with van der Waals surface area (Å²) in [6, 6.07) is 10.1. The number of benzene rings is 2. The Labute approximate surface area is 244 Å². The summed E-state index contributed by atoms with van der Waals surface area (Å²) in [5.41, 5.74) is 8.68. The standard InChI is InChI=1S/C31H39N5O6/c1-3-18(2)27(31(41)42)35-29(39)26-9-6-14-36(26)30(40)25(16-20-17-33-24-8-5-4-7-22(20)24)34-28(38)23(32)15-19-10-12-21(37)13-11-19/h4-5,7-8,10-13,17-18,23,25-27,33,37H,3,6,9,14-16,32H2,1-2H3,(H,34,38)(H,35,39)(H,41,42). The smallest absolute Gasteiger partial charge is 0.326 e. The average Bonchev–Trinajstić information content (AvgIpc) is 3.63. The van der Waals surface area contributed by atoms with Crippen molar-refractivity contribution in [1.29, 1.82) is 0 Å². The fraction of sp³-hybridized carbons (Fsp3) is 0.419. The van der Waals surface area contributed by atoms with E-state index in [1.807, 2.05) is 31.2 Å². The van der Waals surface area contributed by atoms with Crippen molar-refractivity contribution in [2.24, 2.45) is 11.7 Å². The molecule has 42 heavy (non-hydrogen) atoms. The van der Waals surface area contributed by atoms with E-state index >= 15 is 0 Å². The monoisotopic (exact) mass is 577 g/mol. The van der Waals surface area contributed by atoms with Gasteiger partial charge >= 0.3 is 5.97 Å². The lowest BCUT2D eigenvalue weighted by atomic mass is 9.98. The van der Waals surface area contributed by atoms with Gasteiger partial charge in [0.05, 0.1) is 6.04 Å². The van der Waals surface area contributed by atoms with E-state index in [0.717, 1.165) is 22.0 Å². The highest BCUT2D eigenvalue weighted by molar-refractivity contribution is 5.95. The first-order chi connectivity index (χ1) is 20.1. The van der Waals surface area contributed by atoms with E-state index in [9.17, 15) is 29.4 Å². The lowest BCUT2D eigenvalue weighted by Crippen LogP contribution is -2.58. The van der Waals surface area contributed by atoms with Crippen LogP contribution in [0.1, 0.15) is 44.2 Å². The van der Waals surface area contributed by atoms with Crippen LogP contribution in [0.5, 0.6) is 5.75 Å². The summed E-state index contributed by atoms with van der Waals surface area (Å²) >= 11 is 0. The number of para-hydroxylation sites is 1. The zero-order valence-electron chi connectivity index (χ0n) is 23.9. The summed E-state index contributed by atoms with van der Waals surface area (Å²) in [7, 11) is 0. The molecule has 11 heteroatoms. The van der Waals surface area contributed by atoms with Crippen molar-refractivity contribution in [1.82, 2.24) is 20.5 Å². The number of phenols is 1. The summed E-state index contributed by atoms with van der Waals surface area (Å²) in [6.07, 6.45) is 3.67. The van der Waals surface area contributed by atoms with Crippen molar-refractivity contribution in [3.05, 3.63) is 65.9 Å². The fourth-order valence-corrected chi connectivity index (χ4v) is 5.41. The third-order valence-corrected chi connectivity index (χ3v) is 8.06. The number of rotatable bonds is 12. The number of likely N-dealkylation sites (tertiary alicyclic amines) is 1. The Morgan fingerprint density at radius 1 is 1.07 bits per heavy atom. The molecule has 224 valence electrons. The molecule has 1 aromatic heterocycles. The number of carboxylic acids is 1. The first-order valence-corrected chi connectivity index (χ1v) is 14.3. The van der Waals surface area contributed by atoms with Crippen LogP contribution in [-0.4, -0.2) is 74.5 Å². The number of phenolic OH excluding ortho intramolecular Hbond substituents is 1. The van der Waals surface area contributed by atoms with Gasteiger partial charge in [0.1, 0.15) is 23.9 Å². The Bertz CT molecular complexity index is 1420. The molecule has 1 saturated heterocycles. The van der Waals surface area contributed by atoms with Gasteiger partial charge in [0, 0.05) is 30.1 Å². The van der Waals surface area contributed by atoms with Crippen LogP contribution in [-0.2, 0) is 32.0 Å². The topological polar surface area (TPSA) is 178 Å². The van der Waals surface area contributed by atoms with E-state index < -0.39 is 47.9 Å². The predicted octanol–water partition coefficient (Wildman–Crippen LogP) is 2.08. The van der Waals surface area contributed by atoms with E-state index in [4.69, 9.17) is 5.73 Å². The second-order valence-electron chi connectivity index (χ2n) is 11.0. The molecule has 0 radical (unpaired) electrons. The predicted molar refractivity (Wildman–Crippen MR) is 157 cm³/mol. The van der Waals surface area contributed by atoms with Crippen LogP contribution in [0.15, 0.2) is 54.7 Å². The SMILES string of the molecule is CCC(C)C(NC(=O)C1CCCN1C(=O)C(Cc1c[nH]c2ccccc12)NC(=O)C(N)Cc1ccc(O)cc1)C(=O)O. The number of carboxylic acid groups (broad SMARTS) is 1. The van der Waals surface area contributed by atoms with Gasteiger partial charge in [-0.2, -0.15) is 0 Å². The van der Waals surface area contributed by atoms with E-state index in [-0.39, 0.29) is 24.5 Å². The molecule has 7 N–H and O–H groups in total. The van der Waals surface area contributed by atoms with Crippen LogP contribution < -0.4 is 16.4 Å². The molecule has 2 aromatic carbocycles. The summed E-state index contributed by atoms with van der Waals surface area (Å²) in [5, 5.41) is 25.6. The number of carbonyl (C=O) groups is 4. The number of aromatic nitrogens is 1. The molecule has 4 rings (SSSR count). The van der Waals surface area contributed by atoms with Crippen LogP contribution in [0.4, 0.5) is 0 Å². The van der Waals surface area contributed by atoms with Gasteiger partial charge < -0.3 is 36.5 Å². The van der Waals surface area contributed by atoms with Crippen molar-refractivity contribution in [2.75, 3.05) is 6.54 Å². The zero-order chi connectivity index (χ0) is 30.4. The molecule has 3 aromatic rings. The van der Waals surface area contributed by atoms with Crippen LogP contribution >= 0.6 is 0 Å². The van der Waals surface area contributed by atoms with Gasteiger partial charge in [0.25, 0.3) is 0 Å². The number of fused-ring (bicyclic) bond motifs is 1. The zero-order valence-corrected chi connectivity index (χ0v) is 23.9. The third-order valence-electron chi connectivity index (χ3n) is 8.06. The van der Waals surface area contributed by atoms with Crippen LogP contribution in [0.2, 0.25) is 0 Å². The van der Waals surface area contributed by atoms with Crippen LogP contribution in [0.25, 0.3) is 10.9 Å². The molecule has 0 bridgehead atoms. The number of aromatic hydroxyl groups is 1. The Morgan fingerprint density at radius 2 is 1.79 bits per heavy atom. The molecule has 1 aliphatic rings. The second kappa shape index (κ2) is 13.5. The molecule has 5 unspecified atom stereocenters. The van der Waals surface area contributed by atoms with Gasteiger partial charge in [0.2, 0.25) is 17.7 Å². The van der Waals surface area contributed by atoms with Gasteiger partial charge in [-0.15, -0.1) is 0 Å². The largest absolute Gasteiger partial charge is 0.508 e. The molecular formula is C31H39N5O6. The van der Waals surface area contributed by atoms with Gasteiger partial charge in [-0.05, 0) is 54.5 Å². The highest BCUT2D eigenvalue weighted by Crippen LogP contribution is 2.23. The number of nitrogens with one attached hydrogen (secondary N) is 3. The summed E-state index contributed by atoms with van der Waals surface area (Å²) < 4.78 is 0. The van der Waals surface area contributed by atoms with Gasteiger partial charge in [-0.1, -0.05) is 50.6 Å². The number of hydrogen-bond acceptors (Lipinski definition) is 6. The summed E-state index contributed by atoms with van der Waals surface area (Å²) in [5.74, 6) is -2.79. The average molecular weight is 578 g/mol. The maximum atomic E-state index is 14.0. The van der Waals surface area contributed by atoms with E-state index in [2.05, 4.69) is 15.6 Å². The van der Waals surface area contributed by atoms with Gasteiger partial charge in [-0.25, -0.2) is 4.79 Å². The number of amides is 3. The van der Waals surface area contributed by atoms with Crippen molar-refractivity contribution in [3.8, 4) is 5.75 Å². The maximum Gasteiger partial charge on any atom is 0.326 e. The first-order valence-electron chi connectivity index (χ1n) is 14.3. The Morgan fingerprint density at radius 3 is 2.48 bits per heavy atom. The molecule has 0 saturated carbocycles. The number of aliphatic carboxylic acids is 1. The minimum absolute atomic E-state index is 0.101. The molecule has 3 amide bonds.